The van der Waals surface area contributed by atoms with Crippen LogP contribution in [0, 0.1) is 0 Å². The number of amides is 2. The molecule has 6 nitrogen and oxygen atoms in total. The number of carbonyl (C=O) groups is 2. The van der Waals surface area contributed by atoms with Crippen molar-refractivity contribution in [2.45, 2.75) is 39.0 Å². The summed E-state index contributed by atoms with van der Waals surface area (Å²) in [5, 5.41) is 0. The minimum atomic E-state index is -0.542. The third kappa shape index (κ3) is 5.85. The van der Waals surface area contributed by atoms with E-state index in [4.69, 9.17) is 9.47 Å². The SMILES string of the molecule is CC(C)(C)OC(=O)N1CCN(C(=O)OCc2ccccc2)[C@H](CS)C1. The van der Waals surface area contributed by atoms with Gasteiger partial charge >= 0.3 is 12.2 Å². The number of benzene rings is 1. The summed E-state index contributed by atoms with van der Waals surface area (Å²) in [4.78, 5) is 27.8. The molecule has 0 spiro atoms. The largest absolute Gasteiger partial charge is 0.445 e. The van der Waals surface area contributed by atoms with E-state index in [0.717, 1.165) is 5.56 Å². The van der Waals surface area contributed by atoms with E-state index in [9.17, 15) is 9.59 Å². The number of thiol groups is 1. The fraction of sp³-hybridized carbons (Fsp3) is 0.556. The number of hydrogen-bond acceptors (Lipinski definition) is 5. The molecule has 0 radical (unpaired) electrons. The molecule has 1 aromatic rings. The van der Waals surface area contributed by atoms with E-state index in [1.54, 1.807) is 9.80 Å². The highest BCUT2D eigenvalue weighted by molar-refractivity contribution is 7.80. The lowest BCUT2D eigenvalue weighted by Crippen LogP contribution is -2.58. The molecule has 2 rings (SSSR count). The standard InChI is InChI=1S/C18H26N2O4S/c1-18(2,3)24-16(21)19-9-10-20(15(11-19)13-25)17(22)23-12-14-7-5-4-6-8-14/h4-8,15,25H,9-13H2,1-3H3/t15-/m0/s1. The summed E-state index contributed by atoms with van der Waals surface area (Å²) in [7, 11) is 0. The Labute approximate surface area is 154 Å². The zero-order chi connectivity index (χ0) is 18.4. The first kappa shape index (κ1) is 19.4. The van der Waals surface area contributed by atoms with Gasteiger partial charge < -0.3 is 19.3 Å². The first-order valence-corrected chi connectivity index (χ1v) is 8.99. The second-order valence-corrected chi connectivity index (χ2v) is 7.36. The van der Waals surface area contributed by atoms with Crippen molar-refractivity contribution in [2.75, 3.05) is 25.4 Å². The Bertz CT molecular complexity index is 588. The monoisotopic (exact) mass is 366 g/mol. The third-order valence-corrected chi connectivity index (χ3v) is 4.21. The summed E-state index contributed by atoms with van der Waals surface area (Å²) in [6.07, 6.45) is -0.747. The van der Waals surface area contributed by atoms with Crippen LogP contribution < -0.4 is 0 Å². The van der Waals surface area contributed by atoms with Gasteiger partial charge in [0.2, 0.25) is 0 Å². The van der Waals surface area contributed by atoms with E-state index >= 15 is 0 Å². The smallest absolute Gasteiger partial charge is 0.410 e. The molecule has 0 bridgehead atoms. The molecule has 25 heavy (non-hydrogen) atoms. The highest BCUT2D eigenvalue weighted by Gasteiger charge is 2.34. The van der Waals surface area contributed by atoms with Crippen molar-refractivity contribution in [3.63, 3.8) is 0 Å². The number of piperazine rings is 1. The molecule has 1 fully saturated rings. The van der Waals surface area contributed by atoms with Gasteiger partial charge in [-0.1, -0.05) is 30.3 Å². The minimum Gasteiger partial charge on any atom is -0.445 e. The van der Waals surface area contributed by atoms with E-state index in [2.05, 4.69) is 12.6 Å². The third-order valence-electron chi connectivity index (χ3n) is 3.78. The lowest BCUT2D eigenvalue weighted by molar-refractivity contribution is 0.00386. The fourth-order valence-electron chi connectivity index (χ4n) is 2.55. The Morgan fingerprint density at radius 1 is 1.16 bits per heavy atom. The lowest BCUT2D eigenvalue weighted by Gasteiger charge is -2.40. The zero-order valence-electron chi connectivity index (χ0n) is 15.0. The van der Waals surface area contributed by atoms with Crippen LogP contribution in [0.3, 0.4) is 0 Å². The van der Waals surface area contributed by atoms with Crippen molar-refractivity contribution in [3.8, 4) is 0 Å². The van der Waals surface area contributed by atoms with Crippen LogP contribution in [0.5, 0.6) is 0 Å². The summed E-state index contributed by atoms with van der Waals surface area (Å²) in [6, 6.07) is 9.33. The summed E-state index contributed by atoms with van der Waals surface area (Å²) in [6.45, 7) is 6.93. The van der Waals surface area contributed by atoms with E-state index in [-0.39, 0.29) is 24.8 Å². The predicted molar refractivity (Wildman–Crippen MR) is 98.8 cm³/mol. The van der Waals surface area contributed by atoms with Crippen LogP contribution in [0.4, 0.5) is 9.59 Å². The lowest BCUT2D eigenvalue weighted by atomic mass is 10.2. The number of ether oxygens (including phenoxy) is 2. The van der Waals surface area contributed by atoms with Crippen molar-refractivity contribution in [3.05, 3.63) is 35.9 Å². The molecule has 0 saturated carbocycles. The van der Waals surface area contributed by atoms with Crippen LogP contribution in [0.2, 0.25) is 0 Å². The number of carbonyl (C=O) groups excluding carboxylic acids is 2. The van der Waals surface area contributed by atoms with Crippen LogP contribution >= 0.6 is 12.6 Å². The van der Waals surface area contributed by atoms with E-state index in [0.29, 0.717) is 25.4 Å². The van der Waals surface area contributed by atoms with Gasteiger partial charge in [-0.2, -0.15) is 12.6 Å². The number of rotatable bonds is 3. The van der Waals surface area contributed by atoms with Crippen LogP contribution in [-0.2, 0) is 16.1 Å². The van der Waals surface area contributed by atoms with Gasteiger partial charge in [-0.05, 0) is 26.3 Å². The first-order chi connectivity index (χ1) is 11.8. The first-order valence-electron chi connectivity index (χ1n) is 8.36. The zero-order valence-corrected chi connectivity index (χ0v) is 15.9. The Balaban J connectivity index is 1.90. The summed E-state index contributed by atoms with van der Waals surface area (Å²) >= 11 is 4.32. The molecule has 1 aromatic carbocycles. The minimum absolute atomic E-state index is 0.201. The maximum Gasteiger partial charge on any atom is 0.410 e. The molecule has 1 saturated heterocycles. The molecule has 0 unspecified atom stereocenters. The molecule has 0 aromatic heterocycles. The Hall–Kier alpha value is -1.89. The highest BCUT2D eigenvalue weighted by Crippen LogP contribution is 2.17. The molecule has 2 amide bonds. The van der Waals surface area contributed by atoms with Gasteiger partial charge in [-0.15, -0.1) is 0 Å². The van der Waals surface area contributed by atoms with Gasteiger partial charge in [0.1, 0.15) is 12.2 Å². The summed E-state index contributed by atoms with van der Waals surface area (Å²) in [5.74, 6) is 0.444. The molecule has 7 heteroatoms. The molecule has 138 valence electrons. The van der Waals surface area contributed by atoms with E-state index in [1.165, 1.54) is 0 Å². The average Bonchev–Trinajstić information content (AvgIpc) is 2.58. The van der Waals surface area contributed by atoms with Crippen molar-refractivity contribution in [1.82, 2.24) is 9.80 Å². The molecule has 0 N–H and O–H groups in total. The highest BCUT2D eigenvalue weighted by atomic mass is 32.1. The Morgan fingerprint density at radius 2 is 1.84 bits per heavy atom. The molecular formula is C18H26N2O4S. The molecule has 1 heterocycles. The Morgan fingerprint density at radius 3 is 2.44 bits per heavy atom. The van der Waals surface area contributed by atoms with Crippen LogP contribution in [0.25, 0.3) is 0 Å². The van der Waals surface area contributed by atoms with Gasteiger partial charge in [-0.25, -0.2) is 9.59 Å². The molecule has 1 atom stereocenters. The number of hydrogen-bond donors (Lipinski definition) is 1. The van der Waals surface area contributed by atoms with Gasteiger partial charge in [0.05, 0.1) is 6.04 Å². The van der Waals surface area contributed by atoms with E-state index in [1.807, 2.05) is 51.1 Å². The van der Waals surface area contributed by atoms with Crippen LogP contribution in [0.1, 0.15) is 26.3 Å². The van der Waals surface area contributed by atoms with Gasteiger partial charge in [0.25, 0.3) is 0 Å². The second-order valence-electron chi connectivity index (χ2n) is 7.00. The molecular weight excluding hydrogens is 340 g/mol. The normalized spacial score (nSPS) is 18.0. The topological polar surface area (TPSA) is 59.1 Å². The average molecular weight is 366 g/mol. The fourth-order valence-corrected chi connectivity index (χ4v) is 2.86. The van der Waals surface area contributed by atoms with Crippen molar-refractivity contribution in [1.29, 1.82) is 0 Å². The van der Waals surface area contributed by atoms with Crippen LogP contribution in [0.15, 0.2) is 30.3 Å². The van der Waals surface area contributed by atoms with Gasteiger partial charge in [0.15, 0.2) is 0 Å². The molecule has 1 aliphatic rings. The van der Waals surface area contributed by atoms with E-state index < -0.39 is 5.60 Å². The molecule has 1 aliphatic heterocycles. The van der Waals surface area contributed by atoms with Crippen molar-refractivity contribution >= 4 is 24.8 Å². The quantitative estimate of drug-likeness (QED) is 0.835. The summed E-state index contributed by atoms with van der Waals surface area (Å²) < 4.78 is 10.8. The van der Waals surface area contributed by atoms with Crippen molar-refractivity contribution < 1.29 is 19.1 Å². The maximum absolute atomic E-state index is 12.4. The van der Waals surface area contributed by atoms with Gasteiger partial charge in [-0.3, -0.25) is 0 Å². The van der Waals surface area contributed by atoms with Gasteiger partial charge in [0, 0.05) is 25.4 Å². The number of nitrogens with zero attached hydrogens (tertiary/aromatic N) is 2. The maximum atomic E-state index is 12.4. The second kappa shape index (κ2) is 8.47. The Kier molecular flexibility index (Phi) is 6.58. The van der Waals surface area contributed by atoms with Crippen LogP contribution in [-0.4, -0.2) is 59.0 Å². The summed E-state index contributed by atoms with van der Waals surface area (Å²) in [5.41, 5.74) is 0.393. The van der Waals surface area contributed by atoms with Crippen molar-refractivity contribution in [2.24, 2.45) is 0 Å². The predicted octanol–water partition coefficient (Wildman–Crippen LogP) is 3.17. The molecule has 0 aliphatic carbocycles.